The molecule has 5 atom stereocenters. The van der Waals surface area contributed by atoms with Crippen molar-refractivity contribution in [1.29, 1.82) is 0 Å². The van der Waals surface area contributed by atoms with Crippen molar-refractivity contribution in [2.75, 3.05) is 7.11 Å². The van der Waals surface area contributed by atoms with Gasteiger partial charge in [-0.2, -0.15) is 0 Å². The number of unbranched alkanes of at least 4 members (excludes halogenated alkanes) is 1. The van der Waals surface area contributed by atoms with Gasteiger partial charge in [0.25, 0.3) is 0 Å². The van der Waals surface area contributed by atoms with Crippen molar-refractivity contribution in [3.05, 3.63) is 0 Å². The number of ether oxygens (including phenoxy) is 2. The maximum Gasteiger partial charge on any atom is 0.193 e. The SMILES string of the molecule is CCCC[C@H]1C(O)OC(OC(C)C)[C@@]2(OOC)CCCC[C@@H]12. The summed E-state index contributed by atoms with van der Waals surface area (Å²) in [6.45, 7) is 6.11. The number of hydrogen-bond acceptors (Lipinski definition) is 5. The lowest BCUT2D eigenvalue weighted by molar-refractivity contribution is -0.455. The minimum Gasteiger partial charge on any atom is -0.368 e. The van der Waals surface area contributed by atoms with Crippen LogP contribution in [0.4, 0.5) is 0 Å². The van der Waals surface area contributed by atoms with Crippen molar-refractivity contribution in [1.82, 2.24) is 0 Å². The van der Waals surface area contributed by atoms with Gasteiger partial charge in [-0.25, -0.2) is 9.78 Å². The highest BCUT2D eigenvalue weighted by Gasteiger charge is 2.59. The van der Waals surface area contributed by atoms with E-state index in [1.165, 1.54) is 0 Å². The van der Waals surface area contributed by atoms with Gasteiger partial charge in [-0.1, -0.05) is 32.6 Å². The van der Waals surface area contributed by atoms with Gasteiger partial charge >= 0.3 is 0 Å². The summed E-state index contributed by atoms with van der Waals surface area (Å²) >= 11 is 0. The van der Waals surface area contributed by atoms with Crippen molar-refractivity contribution in [2.24, 2.45) is 11.8 Å². The fraction of sp³-hybridized carbons (Fsp3) is 1.00. The van der Waals surface area contributed by atoms with E-state index in [2.05, 4.69) is 6.92 Å². The maximum absolute atomic E-state index is 10.5. The highest BCUT2D eigenvalue weighted by molar-refractivity contribution is 5.01. The number of aliphatic hydroxyl groups is 1. The van der Waals surface area contributed by atoms with Crippen LogP contribution in [0, 0.1) is 11.8 Å². The molecular weight excluding hydrogens is 284 g/mol. The third-order valence-electron chi connectivity index (χ3n) is 5.03. The molecule has 1 aliphatic heterocycles. The molecule has 22 heavy (non-hydrogen) atoms. The summed E-state index contributed by atoms with van der Waals surface area (Å²) in [5.74, 6) is 0.294. The molecule has 2 rings (SSSR count). The molecule has 0 aromatic rings. The Morgan fingerprint density at radius 3 is 2.73 bits per heavy atom. The molecule has 0 aromatic heterocycles. The Bertz CT molecular complexity index is 331. The molecule has 130 valence electrons. The molecule has 0 radical (unpaired) electrons. The highest BCUT2D eigenvalue weighted by Crippen LogP contribution is 2.50. The molecule has 1 heterocycles. The molecule has 0 spiro atoms. The van der Waals surface area contributed by atoms with E-state index in [1.54, 1.807) is 7.11 Å². The first-order valence-electron chi connectivity index (χ1n) is 8.76. The first-order chi connectivity index (χ1) is 10.5. The maximum atomic E-state index is 10.5. The molecule has 2 fully saturated rings. The summed E-state index contributed by atoms with van der Waals surface area (Å²) in [7, 11) is 1.54. The van der Waals surface area contributed by atoms with E-state index in [4.69, 9.17) is 19.2 Å². The van der Waals surface area contributed by atoms with Gasteiger partial charge in [0.05, 0.1) is 13.2 Å². The normalized spacial score (nSPS) is 39.0. The number of hydrogen-bond donors (Lipinski definition) is 1. The van der Waals surface area contributed by atoms with Gasteiger partial charge in [0, 0.05) is 11.8 Å². The zero-order chi connectivity index (χ0) is 16.2. The van der Waals surface area contributed by atoms with Gasteiger partial charge in [-0.3, -0.25) is 0 Å². The van der Waals surface area contributed by atoms with Crippen LogP contribution in [-0.2, 0) is 19.2 Å². The summed E-state index contributed by atoms with van der Waals surface area (Å²) < 4.78 is 11.8. The molecular formula is C17H32O5. The summed E-state index contributed by atoms with van der Waals surface area (Å²) in [6.07, 6.45) is 5.88. The molecule has 0 aromatic carbocycles. The summed E-state index contributed by atoms with van der Waals surface area (Å²) in [5, 5.41) is 10.5. The van der Waals surface area contributed by atoms with E-state index in [1.807, 2.05) is 13.8 Å². The predicted molar refractivity (Wildman–Crippen MR) is 82.9 cm³/mol. The van der Waals surface area contributed by atoms with Crippen molar-refractivity contribution >= 4 is 0 Å². The average Bonchev–Trinajstić information content (AvgIpc) is 2.47. The van der Waals surface area contributed by atoms with Crippen LogP contribution in [-0.4, -0.2) is 36.5 Å². The van der Waals surface area contributed by atoms with Crippen LogP contribution in [0.5, 0.6) is 0 Å². The third-order valence-corrected chi connectivity index (χ3v) is 5.03. The summed E-state index contributed by atoms with van der Waals surface area (Å²) in [4.78, 5) is 10.9. The Balaban J connectivity index is 2.27. The van der Waals surface area contributed by atoms with Gasteiger partial charge in [0.2, 0.25) is 0 Å². The molecule has 1 aliphatic carbocycles. The fourth-order valence-electron chi connectivity index (χ4n) is 4.08. The first-order valence-corrected chi connectivity index (χ1v) is 8.76. The molecule has 5 nitrogen and oxygen atoms in total. The van der Waals surface area contributed by atoms with E-state index in [9.17, 15) is 5.11 Å². The quantitative estimate of drug-likeness (QED) is 0.576. The summed E-state index contributed by atoms with van der Waals surface area (Å²) in [6, 6.07) is 0. The zero-order valence-corrected chi connectivity index (χ0v) is 14.4. The van der Waals surface area contributed by atoms with Crippen LogP contribution in [0.2, 0.25) is 0 Å². The Kier molecular flexibility index (Phi) is 6.65. The molecule has 0 bridgehead atoms. The van der Waals surface area contributed by atoms with Gasteiger partial charge in [-0.15, -0.1) is 0 Å². The number of rotatable bonds is 7. The minimum absolute atomic E-state index is 0.00398. The largest absolute Gasteiger partial charge is 0.368 e. The van der Waals surface area contributed by atoms with Crippen molar-refractivity contribution in [3.63, 3.8) is 0 Å². The molecule has 2 aliphatic rings. The second kappa shape index (κ2) is 8.06. The summed E-state index contributed by atoms with van der Waals surface area (Å²) in [5.41, 5.74) is -0.602. The van der Waals surface area contributed by atoms with E-state index in [-0.39, 0.29) is 17.9 Å². The van der Waals surface area contributed by atoms with Crippen LogP contribution < -0.4 is 0 Å². The topological polar surface area (TPSA) is 57.2 Å². The Morgan fingerprint density at radius 2 is 2.09 bits per heavy atom. The number of fused-ring (bicyclic) bond motifs is 1. The molecule has 5 heteroatoms. The predicted octanol–water partition coefficient (Wildman–Crippen LogP) is 3.40. The van der Waals surface area contributed by atoms with Crippen LogP contribution in [0.3, 0.4) is 0 Å². The van der Waals surface area contributed by atoms with Gasteiger partial charge < -0.3 is 14.6 Å². The van der Waals surface area contributed by atoms with E-state index in [0.717, 1.165) is 44.9 Å². The van der Waals surface area contributed by atoms with E-state index >= 15 is 0 Å². The second-order valence-electron chi connectivity index (χ2n) is 6.91. The van der Waals surface area contributed by atoms with Gasteiger partial charge in [-0.05, 0) is 33.1 Å². The number of aliphatic hydroxyl groups excluding tert-OH is 1. The Hall–Kier alpha value is -0.200. The molecule has 1 saturated heterocycles. The lowest BCUT2D eigenvalue weighted by Crippen LogP contribution is -2.63. The fourth-order valence-corrected chi connectivity index (χ4v) is 4.08. The molecule has 2 unspecified atom stereocenters. The van der Waals surface area contributed by atoms with Crippen LogP contribution in [0.25, 0.3) is 0 Å². The van der Waals surface area contributed by atoms with E-state index in [0.29, 0.717) is 0 Å². The lowest BCUT2D eigenvalue weighted by Gasteiger charge is -2.54. The Labute approximate surface area is 134 Å². The average molecular weight is 316 g/mol. The van der Waals surface area contributed by atoms with Crippen LogP contribution >= 0.6 is 0 Å². The van der Waals surface area contributed by atoms with Crippen molar-refractivity contribution < 1.29 is 24.4 Å². The molecule has 0 amide bonds. The van der Waals surface area contributed by atoms with Crippen molar-refractivity contribution in [3.8, 4) is 0 Å². The highest BCUT2D eigenvalue weighted by atomic mass is 17.2. The monoisotopic (exact) mass is 316 g/mol. The van der Waals surface area contributed by atoms with Crippen LogP contribution in [0.1, 0.15) is 65.7 Å². The standard InChI is InChI=1S/C17H32O5/c1-5-6-9-13-14-10-7-8-11-17(14,22-19-4)16(20-12(2)3)21-15(13)18/h12-16,18H,5-11H2,1-4H3/t13-,14+,15?,16?,17-/m1/s1. The third kappa shape index (κ3) is 3.65. The first kappa shape index (κ1) is 18.1. The van der Waals surface area contributed by atoms with Gasteiger partial charge in [0.15, 0.2) is 18.2 Å². The van der Waals surface area contributed by atoms with Crippen molar-refractivity contribution in [2.45, 2.75) is 90.0 Å². The smallest absolute Gasteiger partial charge is 0.193 e. The minimum atomic E-state index is -0.785. The zero-order valence-electron chi connectivity index (χ0n) is 14.4. The Morgan fingerprint density at radius 1 is 1.32 bits per heavy atom. The van der Waals surface area contributed by atoms with E-state index < -0.39 is 18.2 Å². The molecule has 1 saturated carbocycles. The lowest BCUT2D eigenvalue weighted by atomic mass is 9.65. The molecule has 1 N–H and O–H groups in total. The second-order valence-corrected chi connectivity index (χ2v) is 6.91. The van der Waals surface area contributed by atoms with Gasteiger partial charge in [0.1, 0.15) is 0 Å². The van der Waals surface area contributed by atoms with Crippen LogP contribution in [0.15, 0.2) is 0 Å².